The summed E-state index contributed by atoms with van der Waals surface area (Å²) in [6.45, 7) is 4.14. The molecule has 174 valence electrons. The normalized spacial score (nSPS) is 17.6. The molecule has 10 heteroatoms. The molecule has 0 unspecified atom stereocenters. The van der Waals surface area contributed by atoms with E-state index in [4.69, 9.17) is 21.7 Å². The molecule has 1 fully saturated rings. The van der Waals surface area contributed by atoms with Crippen molar-refractivity contribution < 1.29 is 9.47 Å². The standard InChI is InChI=1S/C24H25N7O2S/c1-15-11-18(16(2)31(15)29-13-26-27-14-29)23-22(19-7-5-6-10-25-19)28-24(34)30(23)20-12-17(32-3)8-9-21(20)33-4/h5-14,22-23H,1-4H3,(H,28,34)/t22-,23+/m1/s1. The van der Waals surface area contributed by atoms with Crippen LogP contribution in [0.2, 0.25) is 0 Å². The van der Waals surface area contributed by atoms with Gasteiger partial charge in [0, 0.05) is 29.2 Å². The Morgan fingerprint density at radius 3 is 2.47 bits per heavy atom. The fraction of sp³-hybridized carbons (Fsp3) is 0.250. The van der Waals surface area contributed by atoms with Crippen molar-refractivity contribution in [2.24, 2.45) is 0 Å². The maximum Gasteiger partial charge on any atom is 0.174 e. The predicted molar refractivity (Wildman–Crippen MR) is 132 cm³/mol. The van der Waals surface area contributed by atoms with Gasteiger partial charge in [0.2, 0.25) is 0 Å². The fourth-order valence-electron chi connectivity index (χ4n) is 4.65. The van der Waals surface area contributed by atoms with Gasteiger partial charge >= 0.3 is 0 Å². The molecule has 1 aromatic carbocycles. The number of anilines is 1. The van der Waals surface area contributed by atoms with Crippen LogP contribution < -0.4 is 19.7 Å². The molecule has 0 aliphatic carbocycles. The maximum absolute atomic E-state index is 5.88. The maximum atomic E-state index is 5.88. The molecule has 4 heterocycles. The van der Waals surface area contributed by atoms with Crippen molar-refractivity contribution in [1.82, 2.24) is 29.9 Å². The van der Waals surface area contributed by atoms with E-state index in [-0.39, 0.29) is 12.1 Å². The molecule has 0 amide bonds. The molecule has 4 aromatic rings. The summed E-state index contributed by atoms with van der Waals surface area (Å²) in [5.41, 5.74) is 4.90. The van der Waals surface area contributed by atoms with E-state index >= 15 is 0 Å². The third-order valence-electron chi connectivity index (χ3n) is 6.13. The highest BCUT2D eigenvalue weighted by Gasteiger charge is 2.43. The molecule has 9 nitrogen and oxygen atoms in total. The molecule has 0 bridgehead atoms. The van der Waals surface area contributed by atoms with Crippen LogP contribution in [-0.4, -0.2) is 43.9 Å². The quantitative estimate of drug-likeness (QED) is 0.424. The smallest absolute Gasteiger partial charge is 0.174 e. The van der Waals surface area contributed by atoms with Crippen molar-refractivity contribution in [1.29, 1.82) is 0 Å². The Labute approximate surface area is 202 Å². The summed E-state index contributed by atoms with van der Waals surface area (Å²) < 4.78 is 15.2. The summed E-state index contributed by atoms with van der Waals surface area (Å²) in [5.74, 6) is 1.41. The van der Waals surface area contributed by atoms with Crippen LogP contribution in [0, 0.1) is 13.8 Å². The van der Waals surface area contributed by atoms with Gasteiger partial charge in [-0.05, 0) is 56.4 Å². The molecular weight excluding hydrogens is 450 g/mol. The molecule has 1 aliphatic heterocycles. The number of pyridine rings is 1. The Bertz CT molecular complexity index is 1320. The van der Waals surface area contributed by atoms with Crippen LogP contribution in [0.4, 0.5) is 5.69 Å². The zero-order valence-corrected chi connectivity index (χ0v) is 20.2. The first kappa shape index (κ1) is 21.9. The van der Waals surface area contributed by atoms with E-state index in [9.17, 15) is 0 Å². The average molecular weight is 476 g/mol. The number of rotatable bonds is 6. The fourth-order valence-corrected chi connectivity index (χ4v) is 4.99. The van der Waals surface area contributed by atoms with Crippen LogP contribution in [-0.2, 0) is 0 Å². The topological polar surface area (TPSA) is 82.3 Å². The number of benzene rings is 1. The van der Waals surface area contributed by atoms with Crippen molar-refractivity contribution in [3.8, 4) is 11.5 Å². The van der Waals surface area contributed by atoms with Gasteiger partial charge in [0.1, 0.15) is 24.2 Å². The van der Waals surface area contributed by atoms with Gasteiger partial charge < -0.3 is 19.7 Å². The molecule has 3 aromatic heterocycles. The van der Waals surface area contributed by atoms with Crippen molar-refractivity contribution >= 4 is 23.0 Å². The van der Waals surface area contributed by atoms with E-state index in [2.05, 4.69) is 50.0 Å². The lowest BCUT2D eigenvalue weighted by Crippen LogP contribution is -2.30. The van der Waals surface area contributed by atoms with Crippen LogP contribution in [0.3, 0.4) is 0 Å². The van der Waals surface area contributed by atoms with Crippen LogP contribution in [0.15, 0.2) is 61.3 Å². The minimum absolute atomic E-state index is 0.181. The van der Waals surface area contributed by atoms with E-state index in [1.165, 1.54) is 0 Å². The summed E-state index contributed by atoms with van der Waals surface area (Å²) in [7, 11) is 3.30. The molecule has 0 saturated carbocycles. The largest absolute Gasteiger partial charge is 0.497 e. The summed E-state index contributed by atoms with van der Waals surface area (Å²) in [5, 5.41) is 12.0. The first-order chi connectivity index (χ1) is 16.5. The number of ether oxygens (including phenoxy) is 2. The number of aryl methyl sites for hydroxylation is 1. The Morgan fingerprint density at radius 2 is 1.79 bits per heavy atom. The van der Waals surface area contributed by atoms with E-state index in [1.807, 2.05) is 41.1 Å². The SMILES string of the molecule is COc1ccc(OC)c(N2C(=S)N[C@H](c3ccccn3)[C@@H]2c2cc(C)n(-n3cnnc3)c2C)c1. The highest BCUT2D eigenvalue weighted by molar-refractivity contribution is 7.80. The molecule has 1 aliphatic rings. The predicted octanol–water partition coefficient (Wildman–Crippen LogP) is 3.60. The molecule has 5 rings (SSSR count). The highest BCUT2D eigenvalue weighted by Crippen LogP contribution is 2.46. The molecular formula is C24H25N7O2S. The molecule has 34 heavy (non-hydrogen) atoms. The van der Waals surface area contributed by atoms with E-state index in [0.29, 0.717) is 16.6 Å². The van der Waals surface area contributed by atoms with Crippen molar-refractivity contribution in [3.05, 3.63) is 84.0 Å². The van der Waals surface area contributed by atoms with Gasteiger partial charge in [-0.3, -0.25) is 9.66 Å². The second kappa shape index (κ2) is 8.79. The molecule has 1 saturated heterocycles. The summed E-state index contributed by atoms with van der Waals surface area (Å²) in [4.78, 5) is 6.74. The van der Waals surface area contributed by atoms with Gasteiger partial charge in [0.25, 0.3) is 0 Å². The second-order valence-electron chi connectivity index (χ2n) is 8.01. The zero-order chi connectivity index (χ0) is 23.8. The first-order valence-corrected chi connectivity index (χ1v) is 11.2. The van der Waals surface area contributed by atoms with E-state index < -0.39 is 0 Å². The number of thiocarbonyl (C=S) groups is 1. The Kier molecular flexibility index (Phi) is 5.66. The van der Waals surface area contributed by atoms with Crippen molar-refractivity contribution in [3.63, 3.8) is 0 Å². The lowest BCUT2D eigenvalue weighted by atomic mass is 9.96. The second-order valence-corrected chi connectivity index (χ2v) is 8.40. The van der Waals surface area contributed by atoms with Gasteiger partial charge in [-0.2, -0.15) is 0 Å². The molecule has 0 radical (unpaired) electrons. The minimum atomic E-state index is -0.195. The Balaban J connectivity index is 1.72. The molecule has 2 atom stereocenters. The number of nitrogens with one attached hydrogen (secondary N) is 1. The van der Waals surface area contributed by atoms with Gasteiger partial charge in [-0.25, -0.2) is 4.68 Å². The average Bonchev–Trinajstić information content (AvgIpc) is 3.57. The zero-order valence-electron chi connectivity index (χ0n) is 19.3. The number of nitrogens with zero attached hydrogens (tertiary/aromatic N) is 6. The molecule has 1 N–H and O–H groups in total. The number of hydrogen-bond acceptors (Lipinski definition) is 6. The Hall–Kier alpha value is -3.92. The Morgan fingerprint density at radius 1 is 1.00 bits per heavy atom. The van der Waals surface area contributed by atoms with E-state index in [0.717, 1.165) is 28.3 Å². The van der Waals surface area contributed by atoms with Crippen molar-refractivity contribution in [2.45, 2.75) is 25.9 Å². The minimum Gasteiger partial charge on any atom is -0.497 e. The van der Waals surface area contributed by atoms with Crippen LogP contribution >= 0.6 is 12.2 Å². The van der Waals surface area contributed by atoms with Crippen LogP contribution in [0.5, 0.6) is 11.5 Å². The number of hydrogen-bond donors (Lipinski definition) is 1. The molecule has 0 spiro atoms. The van der Waals surface area contributed by atoms with Gasteiger partial charge in [-0.1, -0.05) is 6.07 Å². The highest BCUT2D eigenvalue weighted by atomic mass is 32.1. The monoisotopic (exact) mass is 475 g/mol. The van der Waals surface area contributed by atoms with E-state index in [1.54, 1.807) is 33.1 Å². The lowest BCUT2D eigenvalue weighted by Gasteiger charge is -2.29. The number of methoxy groups -OCH3 is 2. The third-order valence-corrected chi connectivity index (χ3v) is 6.45. The summed E-state index contributed by atoms with van der Waals surface area (Å²) in [6, 6.07) is 13.4. The van der Waals surface area contributed by atoms with Crippen LogP contribution in [0.25, 0.3) is 0 Å². The first-order valence-electron chi connectivity index (χ1n) is 10.8. The van der Waals surface area contributed by atoms with Crippen LogP contribution in [0.1, 0.15) is 34.7 Å². The van der Waals surface area contributed by atoms with Crippen molar-refractivity contribution in [2.75, 3.05) is 19.1 Å². The number of aromatic nitrogens is 5. The van der Waals surface area contributed by atoms with Gasteiger partial charge in [0.15, 0.2) is 5.11 Å². The van der Waals surface area contributed by atoms with Gasteiger partial charge in [-0.15, -0.1) is 10.2 Å². The lowest BCUT2D eigenvalue weighted by molar-refractivity contribution is 0.403. The van der Waals surface area contributed by atoms with Gasteiger partial charge in [0.05, 0.1) is 37.7 Å². The summed E-state index contributed by atoms with van der Waals surface area (Å²) >= 11 is 5.88. The third kappa shape index (κ3) is 3.56. The summed E-state index contributed by atoms with van der Waals surface area (Å²) in [6.07, 6.45) is 5.16.